The third kappa shape index (κ3) is 43.2. The van der Waals surface area contributed by atoms with Gasteiger partial charge in [0, 0.05) is 13.0 Å². The average Bonchev–Trinajstić information content (AvgIpc) is 3.14. The highest BCUT2D eigenvalue weighted by atomic mass is 16.6. The molecule has 0 saturated carbocycles. The van der Waals surface area contributed by atoms with E-state index < -0.39 is 6.10 Å². The maximum absolute atomic E-state index is 12.2. The van der Waals surface area contributed by atoms with Crippen LogP contribution in [0.5, 0.6) is 0 Å². The fourth-order valence-electron chi connectivity index (χ4n) is 6.83. The van der Waals surface area contributed by atoms with Gasteiger partial charge in [-0.1, -0.05) is 218 Å². The van der Waals surface area contributed by atoms with Crippen LogP contribution in [0.4, 0.5) is 0 Å². The average molecular weight is 719 g/mol. The van der Waals surface area contributed by atoms with Crippen LogP contribution in [0.2, 0.25) is 0 Å². The number of aliphatic hydroxyl groups is 1. The first kappa shape index (κ1) is 49.9. The first-order valence-corrected chi connectivity index (χ1v) is 22.9. The maximum Gasteiger partial charge on any atom is 0.306 e. The van der Waals surface area contributed by atoms with Gasteiger partial charge >= 0.3 is 5.97 Å². The topological polar surface area (TPSA) is 55.8 Å². The molecule has 0 bridgehead atoms. The molecule has 0 radical (unpaired) electrons. The maximum atomic E-state index is 12.2. The lowest BCUT2D eigenvalue weighted by molar-refractivity contribution is -0.154. The van der Waals surface area contributed by atoms with Crippen molar-refractivity contribution in [1.29, 1.82) is 0 Å². The summed E-state index contributed by atoms with van der Waals surface area (Å²) in [6.45, 7) is 5.34. The summed E-state index contributed by atoms with van der Waals surface area (Å²) in [4.78, 5) is 12.2. The lowest BCUT2D eigenvalue weighted by Gasteiger charge is -2.15. The molecule has 0 amide bonds. The van der Waals surface area contributed by atoms with E-state index in [0.29, 0.717) is 19.6 Å². The molecule has 1 atom stereocenters. The minimum atomic E-state index is -0.536. The highest BCUT2D eigenvalue weighted by Gasteiger charge is 2.13. The summed E-state index contributed by atoms with van der Waals surface area (Å²) in [6, 6.07) is 0. The molecule has 0 fully saturated rings. The Hall–Kier alpha value is -1.13. The zero-order chi connectivity index (χ0) is 37.0. The Morgan fingerprint density at radius 3 is 1.25 bits per heavy atom. The number of allylic oxidation sites excluding steroid dienone is 4. The summed E-state index contributed by atoms with van der Waals surface area (Å²) >= 11 is 0. The van der Waals surface area contributed by atoms with Gasteiger partial charge in [0.05, 0.1) is 13.2 Å². The Balaban J connectivity index is 3.38. The number of hydrogen-bond acceptors (Lipinski definition) is 4. The normalized spacial score (nSPS) is 12.5. The van der Waals surface area contributed by atoms with Gasteiger partial charge in [-0.15, -0.1) is 0 Å². The van der Waals surface area contributed by atoms with Gasteiger partial charge in [0.2, 0.25) is 0 Å². The van der Waals surface area contributed by atoms with Crippen LogP contribution in [0, 0.1) is 0 Å². The van der Waals surface area contributed by atoms with Crippen LogP contribution < -0.4 is 0 Å². The van der Waals surface area contributed by atoms with Gasteiger partial charge in [-0.25, -0.2) is 0 Å². The predicted octanol–water partition coefficient (Wildman–Crippen LogP) is 15.1. The van der Waals surface area contributed by atoms with Gasteiger partial charge in [-0.05, 0) is 44.9 Å². The summed E-state index contributed by atoms with van der Waals surface area (Å²) in [5, 5.41) is 9.61. The lowest BCUT2D eigenvalue weighted by Crippen LogP contribution is -2.27. The van der Waals surface area contributed by atoms with Crippen molar-refractivity contribution in [3.63, 3.8) is 0 Å². The molecule has 0 aliphatic rings. The van der Waals surface area contributed by atoms with Crippen molar-refractivity contribution in [2.45, 2.75) is 251 Å². The van der Waals surface area contributed by atoms with Crippen molar-refractivity contribution in [2.75, 3.05) is 19.8 Å². The quantitative estimate of drug-likeness (QED) is 0.0387. The second-order valence-electron chi connectivity index (χ2n) is 15.5. The van der Waals surface area contributed by atoms with E-state index in [1.807, 2.05) is 0 Å². The van der Waals surface area contributed by atoms with Gasteiger partial charge in [0.1, 0.15) is 6.10 Å². The van der Waals surface area contributed by atoms with Crippen molar-refractivity contribution in [3.8, 4) is 0 Å². The second-order valence-corrected chi connectivity index (χ2v) is 15.5. The number of carbonyl (C=O) groups is 1. The van der Waals surface area contributed by atoms with Gasteiger partial charge in [0.25, 0.3) is 0 Å². The number of aliphatic hydroxyl groups excluding tert-OH is 1. The Kier molecular flexibility index (Phi) is 44.0. The molecule has 1 N–H and O–H groups in total. The van der Waals surface area contributed by atoms with E-state index in [0.717, 1.165) is 25.7 Å². The summed E-state index contributed by atoms with van der Waals surface area (Å²) in [5.74, 6) is -0.199. The SMILES string of the molecule is CCCCC/C=C\C/C=C\CCCCCCCCOCC(CO)OC(=O)CCCCCCCCCCCCCCCCCCCCCCCCC. The van der Waals surface area contributed by atoms with Crippen LogP contribution in [-0.4, -0.2) is 37.0 Å². The largest absolute Gasteiger partial charge is 0.457 e. The molecule has 0 aromatic carbocycles. The molecule has 0 aromatic heterocycles. The fourth-order valence-corrected chi connectivity index (χ4v) is 6.83. The van der Waals surface area contributed by atoms with E-state index in [9.17, 15) is 9.90 Å². The molecular formula is C47H90O4. The number of esters is 1. The number of ether oxygens (including phenoxy) is 2. The van der Waals surface area contributed by atoms with E-state index in [2.05, 4.69) is 38.2 Å². The van der Waals surface area contributed by atoms with E-state index in [4.69, 9.17) is 9.47 Å². The van der Waals surface area contributed by atoms with Crippen molar-refractivity contribution < 1.29 is 19.4 Å². The Labute approximate surface area is 319 Å². The van der Waals surface area contributed by atoms with Crippen molar-refractivity contribution >= 4 is 5.97 Å². The summed E-state index contributed by atoms with van der Waals surface area (Å²) < 4.78 is 11.2. The highest BCUT2D eigenvalue weighted by Crippen LogP contribution is 2.16. The molecule has 0 spiro atoms. The molecule has 4 nitrogen and oxygen atoms in total. The standard InChI is InChI=1S/C47H90O4/c1-3-5-7-9-11-13-15-17-19-21-22-23-24-25-26-27-28-30-32-34-36-38-40-42-47(49)51-46(44-48)45-50-43-41-39-37-35-33-31-29-20-18-16-14-12-10-8-6-4-2/h12,14,18,20,46,48H,3-11,13,15-17,19,21-45H2,1-2H3/b14-12-,20-18-. The van der Waals surface area contributed by atoms with Gasteiger partial charge in [-0.2, -0.15) is 0 Å². The summed E-state index contributed by atoms with van der Waals surface area (Å²) in [5.41, 5.74) is 0. The minimum Gasteiger partial charge on any atom is -0.457 e. The number of rotatable bonds is 43. The van der Waals surface area contributed by atoms with Crippen LogP contribution in [0.1, 0.15) is 245 Å². The van der Waals surface area contributed by atoms with Crippen molar-refractivity contribution in [3.05, 3.63) is 24.3 Å². The van der Waals surface area contributed by atoms with Crippen molar-refractivity contribution in [1.82, 2.24) is 0 Å². The van der Waals surface area contributed by atoms with E-state index in [1.165, 1.54) is 199 Å². The zero-order valence-electron chi connectivity index (χ0n) is 34.6. The Morgan fingerprint density at radius 1 is 0.471 bits per heavy atom. The molecule has 0 aliphatic carbocycles. The smallest absolute Gasteiger partial charge is 0.306 e. The molecular weight excluding hydrogens is 629 g/mol. The van der Waals surface area contributed by atoms with Gasteiger partial charge in [0.15, 0.2) is 0 Å². The minimum absolute atomic E-state index is 0.172. The highest BCUT2D eigenvalue weighted by molar-refractivity contribution is 5.69. The molecule has 0 heterocycles. The van der Waals surface area contributed by atoms with E-state index in [1.54, 1.807) is 0 Å². The number of hydrogen-bond donors (Lipinski definition) is 1. The van der Waals surface area contributed by atoms with E-state index in [-0.39, 0.29) is 12.6 Å². The number of unbranched alkanes of at least 4 members (excludes halogenated alkanes) is 31. The van der Waals surface area contributed by atoms with E-state index >= 15 is 0 Å². The van der Waals surface area contributed by atoms with Crippen LogP contribution in [0.15, 0.2) is 24.3 Å². The molecule has 0 rings (SSSR count). The fraction of sp³-hybridized carbons (Fsp3) is 0.894. The molecule has 4 heteroatoms. The van der Waals surface area contributed by atoms with Gasteiger partial charge in [-0.3, -0.25) is 4.79 Å². The molecule has 1 unspecified atom stereocenters. The lowest BCUT2D eigenvalue weighted by atomic mass is 10.0. The molecule has 0 saturated heterocycles. The molecule has 0 aliphatic heterocycles. The van der Waals surface area contributed by atoms with Crippen LogP contribution in [0.25, 0.3) is 0 Å². The number of carbonyl (C=O) groups excluding carboxylic acids is 1. The predicted molar refractivity (Wildman–Crippen MR) is 224 cm³/mol. The molecule has 0 aromatic rings. The zero-order valence-corrected chi connectivity index (χ0v) is 34.6. The van der Waals surface area contributed by atoms with Crippen LogP contribution in [0.3, 0.4) is 0 Å². The van der Waals surface area contributed by atoms with Crippen molar-refractivity contribution in [2.24, 2.45) is 0 Å². The first-order valence-electron chi connectivity index (χ1n) is 22.9. The first-order chi connectivity index (χ1) is 25.2. The Bertz CT molecular complexity index is 717. The second kappa shape index (κ2) is 45.0. The van der Waals surface area contributed by atoms with Crippen LogP contribution >= 0.6 is 0 Å². The monoisotopic (exact) mass is 719 g/mol. The third-order valence-electron chi connectivity index (χ3n) is 10.3. The summed E-state index contributed by atoms with van der Waals surface area (Å²) in [6.07, 6.45) is 55.4. The third-order valence-corrected chi connectivity index (χ3v) is 10.3. The van der Waals surface area contributed by atoms with Crippen LogP contribution in [-0.2, 0) is 14.3 Å². The summed E-state index contributed by atoms with van der Waals surface area (Å²) in [7, 11) is 0. The Morgan fingerprint density at radius 2 is 0.824 bits per heavy atom. The molecule has 51 heavy (non-hydrogen) atoms. The molecule has 302 valence electrons. The van der Waals surface area contributed by atoms with Gasteiger partial charge < -0.3 is 14.6 Å².